The van der Waals surface area contributed by atoms with Crippen LogP contribution in [0.5, 0.6) is 5.75 Å². The van der Waals surface area contributed by atoms with Crippen LogP contribution in [0.2, 0.25) is 0 Å². The van der Waals surface area contributed by atoms with Crippen molar-refractivity contribution in [1.82, 2.24) is 15.1 Å². The summed E-state index contributed by atoms with van der Waals surface area (Å²) >= 11 is 0. The predicted octanol–water partition coefficient (Wildman–Crippen LogP) is 0.127. The first kappa shape index (κ1) is 14.5. The minimum absolute atomic E-state index is 0.00463. The van der Waals surface area contributed by atoms with Crippen molar-refractivity contribution >= 4 is 5.91 Å². The van der Waals surface area contributed by atoms with E-state index in [1.165, 1.54) is 0 Å². The van der Waals surface area contributed by atoms with Crippen LogP contribution in [0.1, 0.15) is 18.3 Å². The highest BCUT2D eigenvalue weighted by Crippen LogP contribution is 2.20. The molecule has 0 aromatic carbocycles. The second-order valence-electron chi connectivity index (χ2n) is 4.56. The van der Waals surface area contributed by atoms with E-state index in [4.69, 9.17) is 10.5 Å². The first-order valence-electron chi connectivity index (χ1n) is 6.05. The van der Waals surface area contributed by atoms with Gasteiger partial charge in [-0.25, -0.2) is 0 Å². The lowest BCUT2D eigenvalue weighted by molar-refractivity contribution is -0.123. The Kier molecular flexibility index (Phi) is 5.15. The van der Waals surface area contributed by atoms with Gasteiger partial charge in [-0.1, -0.05) is 6.92 Å². The lowest BCUT2D eigenvalue weighted by Gasteiger charge is -2.11. The van der Waals surface area contributed by atoms with Crippen LogP contribution >= 0.6 is 0 Å². The largest absolute Gasteiger partial charge is 0.480 e. The molecule has 1 aromatic rings. The van der Waals surface area contributed by atoms with Crippen molar-refractivity contribution in [2.45, 2.75) is 20.8 Å². The Hall–Kier alpha value is -1.56. The summed E-state index contributed by atoms with van der Waals surface area (Å²) in [5.41, 5.74) is 7.17. The van der Waals surface area contributed by atoms with Crippen LogP contribution in [0.4, 0.5) is 0 Å². The highest BCUT2D eigenvalue weighted by Gasteiger charge is 2.12. The number of carbonyl (C=O) groups is 1. The average molecular weight is 254 g/mol. The van der Waals surface area contributed by atoms with Crippen LogP contribution in [0, 0.1) is 19.8 Å². The Morgan fingerprint density at radius 2 is 2.22 bits per heavy atom. The zero-order valence-electron chi connectivity index (χ0n) is 11.5. The Morgan fingerprint density at radius 1 is 1.56 bits per heavy atom. The maximum Gasteiger partial charge on any atom is 0.257 e. The summed E-state index contributed by atoms with van der Waals surface area (Å²) in [5, 5.41) is 7.00. The van der Waals surface area contributed by atoms with E-state index >= 15 is 0 Å². The molecule has 1 aromatic heterocycles. The summed E-state index contributed by atoms with van der Waals surface area (Å²) in [6.07, 6.45) is 0. The fourth-order valence-electron chi connectivity index (χ4n) is 1.52. The Balaban J connectivity index is 2.43. The highest BCUT2D eigenvalue weighted by atomic mass is 16.5. The maximum atomic E-state index is 11.6. The van der Waals surface area contributed by atoms with E-state index < -0.39 is 0 Å². The zero-order valence-corrected chi connectivity index (χ0v) is 11.5. The minimum atomic E-state index is -0.141. The molecule has 0 radical (unpaired) electrons. The van der Waals surface area contributed by atoms with E-state index in [-0.39, 0.29) is 18.4 Å². The van der Waals surface area contributed by atoms with E-state index in [1.54, 1.807) is 4.68 Å². The Morgan fingerprint density at radius 3 is 2.72 bits per heavy atom. The number of rotatable bonds is 6. The van der Waals surface area contributed by atoms with E-state index in [0.717, 1.165) is 11.4 Å². The second kappa shape index (κ2) is 6.39. The summed E-state index contributed by atoms with van der Waals surface area (Å²) in [6, 6.07) is 0. The third-order valence-corrected chi connectivity index (χ3v) is 2.84. The first-order chi connectivity index (χ1) is 8.45. The summed E-state index contributed by atoms with van der Waals surface area (Å²) in [4.78, 5) is 11.6. The molecule has 6 heteroatoms. The van der Waals surface area contributed by atoms with Gasteiger partial charge in [0.25, 0.3) is 5.91 Å². The van der Waals surface area contributed by atoms with Gasteiger partial charge in [-0.3, -0.25) is 9.48 Å². The zero-order chi connectivity index (χ0) is 13.7. The number of nitrogens with two attached hydrogens (primary N) is 1. The lowest BCUT2D eigenvalue weighted by atomic mass is 10.2. The van der Waals surface area contributed by atoms with Crippen LogP contribution in [0.3, 0.4) is 0 Å². The SMILES string of the molecule is Cc1nn(C)c(C)c1OCC(=O)NCC(C)CN. The van der Waals surface area contributed by atoms with Crippen LogP contribution < -0.4 is 15.8 Å². The standard InChI is InChI=1S/C12H22N4O2/c1-8(5-13)6-14-11(17)7-18-12-9(2)15-16(4)10(12)3/h8H,5-7,13H2,1-4H3,(H,14,17). The molecule has 1 rings (SSSR count). The number of nitrogens with one attached hydrogen (secondary N) is 1. The van der Waals surface area contributed by atoms with Gasteiger partial charge < -0.3 is 15.8 Å². The molecular formula is C12H22N4O2. The van der Waals surface area contributed by atoms with Crippen LogP contribution in [-0.4, -0.2) is 35.4 Å². The Bertz CT molecular complexity index is 414. The molecule has 0 aliphatic carbocycles. The van der Waals surface area contributed by atoms with Gasteiger partial charge in [-0.15, -0.1) is 0 Å². The monoisotopic (exact) mass is 254 g/mol. The molecule has 6 nitrogen and oxygen atoms in total. The number of carbonyl (C=O) groups excluding carboxylic acids is 1. The quantitative estimate of drug-likeness (QED) is 0.756. The fourth-order valence-corrected chi connectivity index (χ4v) is 1.52. The predicted molar refractivity (Wildman–Crippen MR) is 69.4 cm³/mol. The van der Waals surface area contributed by atoms with Crippen LogP contribution in [0.15, 0.2) is 0 Å². The van der Waals surface area contributed by atoms with Gasteiger partial charge in [-0.2, -0.15) is 5.10 Å². The first-order valence-corrected chi connectivity index (χ1v) is 6.05. The van der Waals surface area contributed by atoms with E-state index in [1.807, 2.05) is 27.8 Å². The van der Waals surface area contributed by atoms with Crippen molar-refractivity contribution in [3.05, 3.63) is 11.4 Å². The summed E-state index contributed by atoms with van der Waals surface area (Å²) < 4.78 is 7.22. The molecule has 0 fully saturated rings. The number of hydrogen-bond donors (Lipinski definition) is 2. The molecule has 1 atom stereocenters. The average Bonchev–Trinajstić information content (AvgIpc) is 2.58. The van der Waals surface area contributed by atoms with Crippen LogP contribution in [-0.2, 0) is 11.8 Å². The van der Waals surface area contributed by atoms with Crippen LogP contribution in [0.25, 0.3) is 0 Å². The topological polar surface area (TPSA) is 82.2 Å². The molecule has 1 amide bonds. The summed E-state index contributed by atoms with van der Waals surface area (Å²) in [5.74, 6) is 0.813. The molecule has 18 heavy (non-hydrogen) atoms. The molecule has 1 unspecified atom stereocenters. The van der Waals surface area contributed by atoms with E-state index in [0.29, 0.717) is 18.8 Å². The van der Waals surface area contributed by atoms with Crippen molar-refractivity contribution in [3.8, 4) is 5.75 Å². The molecule has 102 valence electrons. The number of hydrogen-bond acceptors (Lipinski definition) is 4. The number of aryl methyl sites for hydroxylation is 2. The molecule has 1 heterocycles. The fraction of sp³-hybridized carbons (Fsp3) is 0.667. The van der Waals surface area contributed by atoms with Crippen molar-refractivity contribution < 1.29 is 9.53 Å². The van der Waals surface area contributed by atoms with Crippen molar-refractivity contribution in [2.75, 3.05) is 19.7 Å². The molecule has 0 saturated carbocycles. The summed E-state index contributed by atoms with van der Waals surface area (Å²) in [6.45, 7) is 6.88. The van der Waals surface area contributed by atoms with E-state index in [2.05, 4.69) is 10.4 Å². The summed E-state index contributed by atoms with van der Waals surface area (Å²) in [7, 11) is 1.85. The second-order valence-corrected chi connectivity index (χ2v) is 4.56. The van der Waals surface area contributed by atoms with Gasteiger partial charge in [0.2, 0.25) is 0 Å². The molecule has 0 aliphatic rings. The van der Waals surface area contributed by atoms with Gasteiger partial charge in [-0.05, 0) is 26.3 Å². The Labute approximate surface area is 107 Å². The van der Waals surface area contributed by atoms with Crippen molar-refractivity contribution in [1.29, 1.82) is 0 Å². The number of aromatic nitrogens is 2. The van der Waals surface area contributed by atoms with Gasteiger partial charge in [0.15, 0.2) is 12.4 Å². The third-order valence-electron chi connectivity index (χ3n) is 2.84. The van der Waals surface area contributed by atoms with Gasteiger partial charge in [0.05, 0.1) is 5.69 Å². The third kappa shape index (κ3) is 3.73. The van der Waals surface area contributed by atoms with Gasteiger partial charge in [0.1, 0.15) is 5.69 Å². The normalized spacial score (nSPS) is 12.3. The molecule has 0 aliphatic heterocycles. The molecule has 0 bridgehead atoms. The number of nitrogens with zero attached hydrogens (tertiary/aromatic N) is 2. The number of ether oxygens (including phenoxy) is 1. The van der Waals surface area contributed by atoms with Gasteiger partial charge >= 0.3 is 0 Å². The maximum absolute atomic E-state index is 11.6. The lowest BCUT2D eigenvalue weighted by Crippen LogP contribution is -2.34. The molecule has 3 N–H and O–H groups in total. The smallest absolute Gasteiger partial charge is 0.257 e. The van der Waals surface area contributed by atoms with E-state index in [9.17, 15) is 4.79 Å². The van der Waals surface area contributed by atoms with Crippen molar-refractivity contribution in [3.63, 3.8) is 0 Å². The molecular weight excluding hydrogens is 232 g/mol. The minimum Gasteiger partial charge on any atom is -0.480 e. The molecule has 0 saturated heterocycles. The van der Waals surface area contributed by atoms with Crippen molar-refractivity contribution in [2.24, 2.45) is 18.7 Å². The van der Waals surface area contributed by atoms with Gasteiger partial charge in [0, 0.05) is 13.6 Å². The molecule has 0 spiro atoms. The highest BCUT2D eigenvalue weighted by molar-refractivity contribution is 5.77. The number of amides is 1.